The van der Waals surface area contributed by atoms with Gasteiger partial charge in [0, 0.05) is 18.8 Å². The fourth-order valence-corrected chi connectivity index (χ4v) is 2.27. The molecular formula is C20H18N2O3. The molecule has 0 spiro atoms. The van der Waals surface area contributed by atoms with E-state index in [2.05, 4.69) is 10.3 Å². The molecule has 1 N–H and O–H groups in total. The summed E-state index contributed by atoms with van der Waals surface area (Å²) >= 11 is 0. The Morgan fingerprint density at radius 1 is 1.00 bits per heavy atom. The van der Waals surface area contributed by atoms with E-state index in [4.69, 9.17) is 9.47 Å². The highest BCUT2D eigenvalue weighted by Gasteiger charge is 2.12. The van der Waals surface area contributed by atoms with Crippen LogP contribution in [0.25, 0.3) is 0 Å². The average Bonchev–Trinajstić information content (AvgIpc) is 2.68. The maximum Gasteiger partial charge on any atom is 0.255 e. The van der Waals surface area contributed by atoms with Gasteiger partial charge in [0.15, 0.2) is 0 Å². The zero-order valence-corrected chi connectivity index (χ0v) is 13.8. The Morgan fingerprint density at radius 3 is 2.48 bits per heavy atom. The van der Waals surface area contributed by atoms with Gasteiger partial charge in [-0.25, -0.2) is 4.98 Å². The number of carbonyl (C=O) groups excluding carboxylic acids is 1. The number of hydrogen-bond acceptors (Lipinski definition) is 4. The first kappa shape index (κ1) is 16.5. The van der Waals surface area contributed by atoms with Crippen LogP contribution in [0, 0.1) is 0 Å². The minimum Gasteiger partial charge on any atom is -0.481 e. The second kappa shape index (κ2) is 7.97. The van der Waals surface area contributed by atoms with Crippen molar-refractivity contribution in [3.05, 3.63) is 84.1 Å². The van der Waals surface area contributed by atoms with Gasteiger partial charge in [-0.15, -0.1) is 0 Å². The number of amides is 1. The first-order chi connectivity index (χ1) is 12.3. The van der Waals surface area contributed by atoms with Crippen LogP contribution in [0.15, 0.2) is 72.9 Å². The minimum absolute atomic E-state index is 0.206. The summed E-state index contributed by atoms with van der Waals surface area (Å²) in [5.41, 5.74) is 1.36. The third-order valence-electron chi connectivity index (χ3n) is 3.56. The summed E-state index contributed by atoms with van der Waals surface area (Å²) in [7, 11) is 1.56. The van der Waals surface area contributed by atoms with E-state index in [9.17, 15) is 4.79 Å². The smallest absolute Gasteiger partial charge is 0.255 e. The Morgan fingerprint density at radius 2 is 1.76 bits per heavy atom. The molecule has 0 aliphatic carbocycles. The molecule has 5 nitrogen and oxygen atoms in total. The Bertz CT molecular complexity index is 833. The second-order valence-corrected chi connectivity index (χ2v) is 5.30. The van der Waals surface area contributed by atoms with Crippen LogP contribution in [0.1, 0.15) is 15.9 Å². The number of carbonyl (C=O) groups is 1. The number of benzene rings is 2. The largest absolute Gasteiger partial charge is 0.481 e. The van der Waals surface area contributed by atoms with E-state index in [1.165, 1.54) is 0 Å². The van der Waals surface area contributed by atoms with Gasteiger partial charge in [0.05, 0.1) is 12.7 Å². The van der Waals surface area contributed by atoms with E-state index in [0.717, 1.165) is 5.56 Å². The van der Waals surface area contributed by atoms with E-state index in [1.54, 1.807) is 31.5 Å². The average molecular weight is 334 g/mol. The highest BCUT2D eigenvalue weighted by molar-refractivity contribution is 5.96. The lowest BCUT2D eigenvalue weighted by atomic mass is 10.2. The standard InChI is InChI=1S/C20H18N2O3/c1-24-19-12-11-15(13-21-19)14-22-20(23)17-9-5-6-10-18(17)25-16-7-3-2-4-8-16/h2-13H,14H2,1H3,(H,22,23). The molecule has 0 aliphatic heterocycles. The van der Waals surface area contributed by atoms with Crippen molar-refractivity contribution in [2.45, 2.75) is 6.54 Å². The molecule has 0 fully saturated rings. The number of nitrogens with zero attached hydrogens (tertiary/aromatic N) is 1. The molecule has 3 rings (SSSR count). The van der Waals surface area contributed by atoms with Gasteiger partial charge in [-0.1, -0.05) is 36.4 Å². The third kappa shape index (κ3) is 4.35. The molecule has 126 valence electrons. The van der Waals surface area contributed by atoms with E-state index in [-0.39, 0.29) is 5.91 Å². The highest BCUT2D eigenvalue weighted by atomic mass is 16.5. The van der Waals surface area contributed by atoms with E-state index >= 15 is 0 Å². The van der Waals surface area contributed by atoms with Crippen LogP contribution >= 0.6 is 0 Å². The van der Waals surface area contributed by atoms with Crippen LogP contribution in [0.4, 0.5) is 0 Å². The maximum absolute atomic E-state index is 12.5. The van der Waals surface area contributed by atoms with Gasteiger partial charge in [-0.3, -0.25) is 4.79 Å². The van der Waals surface area contributed by atoms with E-state index in [1.807, 2.05) is 48.5 Å². The molecule has 1 aromatic heterocycles. The normalized spacial score (nSPS) is 10.1. The second-order valence-electron chi connectivity index (χ2n) is 5.30. The van der Waals surface area contributed by atoms with Crippen molar-refractivity contribution < 1.29 is 14.3 Å². The fraction of sp³-hybridized carbons (Fsp3) is 0.100. The molecule has 0 saturated carbocycles. The van der Waals surface area contributed by atoms with Crippen molar-refractivity contribution in [3.8, 4) is 17.4 Å². The molecule has 0 unspecified atom stereocenters. The van der Waals surface area contributed by atoms with Gasteiger partial charge in [0.1, 0.15) is 11.5 Å². The summed E-state index contributed by atoms with van der Waals surface area (Å²) in [6.45, 7) is 0.371. The Hall–Kier alpha value is -3.34. The zero-order valence-electron chi connectivity index (χ0n) is 13.8. The molecule has 0 radical (unpaired) electrons. The fourth-order valence-electron chi connectivity index (χ4n) is 2.27. The van der Waals surface area contributed by atoms with Crippen molar-refractivity contribution in [3.63, 3.8) is 0 Å². The van der Waals surface area contributed by atoms with E-state index in [0.29, 0.717) is 29.5 Å². The molecule has 1 heterocycles. The predicted molar refractivity (Wildman–Crippen MR) is 94.9 cm³/mol. The van der Waals surface area contributed by atoms with Crippen LogP contribution in [-0.2, 0) is 6.54 Å². The van der Waals surface area contributed by atoms with Crippen LogP contribution in [0.3, 0.4) is 0 Å². The summed E-state index contributed by atoms with van der Waals surface area (Å²) in [5, 5.41) is 2.88. The number of aromatic nitrogens is 1. The molecule has 1 amide bonds. The summed E-state index contributed by atoms with van der Waals surface area (Å²) in [5.74, 6) is 1.53. The number of hydrogen-bond donors (Lipinski definition) is 1. The molecule has 0 bridgehead atoms. The van der Waals surface area contributed by atoms with Crippen LogP contribution in [0.5, 0.6) is 17.4 Å². The number of rotatable bonds is 6. The van der Waals surface area contributed by atoms with Gasteiger partial charge in [-0.05, 0) is 29.8 Å². The van der Waals surface area contributed by atoms with Gasteiger partial charge in [0.2, 0.25) is 5.88 Å². The van der Waals surface area contributed by atoms with Gasteiger partial charge < -0.3 is 14.8 Å². The summed E-state index contributed by atoms with van der Waals surface area (Å²) in [4.78, 5) is 16.6. The molecule has 3 aromatic rings. The zero-order chi connectivity index (χ0) is 17.5. The van der Waals surface area contributed by atoms with Crippen LogP contribution in [-0.4, -0.2) is 18.0 Å². The first-order valence-corrected chi connectivity index (χ1v) is 7.85. The van der Waals surface area contributed by atoms with E-state index < -0.39 is 0 Å². The molecule has 0 saturated heterocycles. The molecule has 2 aromatic carbocycles. The number of nitrogens with one attached hydrogen (secondary N) is 1. The minimum atomic E-state index is -0.206. The molecule has 0 aliphatic rings. The summed E-state index contributed by atoms with van der Waals surface area (Å²) in [6.07, 6.45) is 1.67. The van der Waals surface area contributed by atoms with Gasteiger partial charge in [0.25, 0.3) is 5.91 Å². The molecule has 0 atom stereocenters. The van der Waals surface area contributed by atoms with Crippen LogP contribution in [0.2, 0.25) is 0 Å². The monoisotopic (exact) mass is 334 g/mol. The number of para-hydroxylation sites is 2. The quantitative estimate of drug-likeness (QED) is 0.744. The lowest BCUT2D eigenvalue weighted by Crippen LogP contribution is -2.23. The number of pyridine rings is 1. The first-order valence-electron chi connectivity index (χ1n) is 7.85. The van der Waals surface area contributed by atoms with Crippen molar-refractivity contribution in [1.82, 2.24) is 10.3 Å². The van der Waals surface area contributed by atoms with Gasteiger partial charge >= 0.3 is 0 Å². The van der Waals surface area contributed by atoms with Crippen molar-refractivity contribution in [2.75, 3.05) is 7.11 Å². The Kier molecular flexibility index (Phi) is 5.26. The lowest BCUT2D eigenvalue weighted by Gasteiger charge is -2.11. The SMILES string of the molecule is COc1ccc(CNC(=O)c2ccccc2Oc2ccccc2)cn1. The summed E-state index contributed by atoms with van der Waals surface area (Å²) < 4.78 is 10.8. The maximum atomic E-state index is 12.5. The number of ether oxygens (including phenoxy) is 2. The topological polar surface area (TPSA) is 60.5 Å². The molecule has 25 heavy (non-hydrogen) atoms. The Labute approximate surface area is 146 Å². The van der Waals surface area contributed by atoms with Crippen molar-refractivity contribution in [2.24, 2.45) is 0 Å². The highest BCUT2D eigenvalue weighted by Crippen LogP contribution is 2.25. The van der Waals surface area contributed by atoms with Crippen molar-refractivity contribution >= 4 is 5.91 Å². The third-order valence-corrected chi connectivity index (χ3v) is 3.56. The molecular weight excluding hydrogens is 316 g/mol. The molecule has 5 heteroatoms. The summed E-state index contributed by atoms with van der Waals surface area (Å²) in [6, 6.07) is 20.1. The van der Waals surface area contributed by atoms with Gasteiger partial charge in [-0.2, -0.15) is 0 Å². The number of methoxy groups -OCH3 is 1. The van der Waals surface area contributed by atoms with Crippen LogP contribution < -0.4 is 14.8 Å². The Balaban J connectivity index is 1.69. The predicted octanol–water partition coefficient (Wildman–Crippen LogP) is 3.81. The lowest BCUT2D eigenvalue weighted by molar-refractivity contribution is 0.0948. The van der Waals surface area contributed by atoms with Crippen molar-refractivity contribution in [1.29, 1.82) is 0 Å².